The molecule has 180 valence electrons. The van der Waals surface area contributed by atoms with Crippen molar-refractivity contribution in [3.8, 4) is 0 Å². The minimum absolute atomic E-state index is 0.280. The minimum atomic E-state index is -0.638. The summed E-state index contributed by atoms with van der Waals surface area (Å²) in [6, 6.07) is 4.21. The number of anilines is 4. The van der Waals surface area contributed by atoms with Gasteiger partial charge >= 0.3 is 0 Å². The van der Waals surface area contributed by atoms with Crippen LogP contribution in [-0.4, -0.2) is 73.0 Å². The summed E-state index contributed by atoms with van der Waals surface area (Å²) in [7, 11) is 0. The molecule has 7 nitrogen and oxygen atoms in total. The predicted octanol–water partition coefficient (Wildman–Crippen LogP) is 4.20. The maximum Gasteiger partial charge on any atom is 0.137 e. The second-order valence-electron chi connectivity index (χ2n) is 8.47. The number of morpholine rings is 1. The third-order valence-corrected chi connectivity index (χ3v) is 7.27. The van der Waals surface area contributed by atoms with Crippen LogP contribution in [0.5, 0.6) is 0 Å². The zero-order valence-electron chi connectivity index (χ0n) is 19.4. The number of nitrogens with zero attached hydrogens (tertiary/aromatic N) is 5. The largest absolute Gasteiger partial charge is 0.378 e. The molecule has 2 aliphatic rings. The van der Waals surface area contributed by atoms with Crippen LogP contribution in [0.15, 0.2) is 30.6 Å². The number of ether oxygens (including phenoxy) is 1. The zero-order valence-corrected chi connectivity index (χ0v) is 20.2. The van der Waals surface area contributed by atoms with Crippen molar-refractivity contribution in [2.75, 3.05) is 73.9 Å². The molecule has 0 unspecified atom stereocenters. The van der Waals surface area contributed by atoms with Gasteiger partial charge < -0.3 is 19.9 Å². The second kappa shape index (κ2) is 9.89. The van der Waals surface area contributed by atoms with Crippen molar-refractivity contribution >= 4 is 45.7 Å². The average molecular weight is 487 g/mol. The van der Waals surface area contributed by atoms with Crippen molar-refractivity contribution in [2.24, 2.45) is 0 Å². The summed E-state index contributed by atoms with van der Waals surface area (Å²) in [6.07, 6.45) is 5.61. The summed E-state index contributed by atoms with van der Waals surface area (Å²) in [6.45, 7) is 8.26. The fraction of sp³-hybridized carbons (Fsp3) is 0.417. The van der Waals surface area contributed by atoms with Crippen LogP contribution >= 0.6 is 11.9 Å². The van der Waals surface area contributed by atoms with Crippen LogP contribution in [-0.2, 0) is 4.74 Å². The molecular weight excluding hydrogens is 458 g/mol. The molecule has 2 aromatic heterocycles. The highest BCUT2D eigenvalue weighted by molar-refractivity contribution is 7.96. The fourth-order valence-electron chi connectivity index (χ4n) is 4.57. The first-order chi connectivity index (χ1) is 16.5. The van der Waals surface area contributed by atoms with E-state index in [-0.39, 0.29) is 5.39 Å². The van der Waals surface area contributed by atoms with E-state index in [1.165, 1.54) is 6.07 Å². The summed E-state index contributed by atoms with van der Waals surface area (Å²) in [5.41, 5.74) is 3.43. The highest BCUT2D eigenvalue weighted by Crippen LogP contribution is 2.37. The fourth-order valence-corrected chi connectivity index (χ4v) is 5.10. The number of hydrogen-bond acceptors (Lipinski definition) is 8. The van der Waals surface area contributed by atoms with Crippen LogP contribution in [0.4, 0.5) is 31.7 Å². The Morgan fingerprint density at radius 3 is 2.47 bits per heavy atom. The molecule has 0 saturated carbocycles. The van der Waals surface area contributed by atoms with E-state index >= 15 is 4.39 Å². The van der Waals surface area contributed by atoms with E-state index in [4.69, 9.17) is 9.72 Å². The van der Waals surface area contributed by atoms with Gasteiger partial charge in [0.1, 0.15) is 17.5 Å². The van der Waals surface area contributed by atoms with Crippen molar-refractivity contribution in [2.45, 2.75) is 6.92 Å². The lowest BCUT2D eigenvalue weighted by molar-refractivity contribution is 0.122. The molecule has 0 radical (unpaired) electrons. The van der Waals surface area contributed by atoms with Gasteiger partial charge in [-0.3, -0.25) is 4.98 Å². The number of fused-ring (bicyclic) bond motifs is 1. The Morgan fingerprint density at radius 2 is 1.74 bits per heavy atom. The summed E-state index contributed by atoms with van der Waals surface area (Å²) in [4.78, 5) is 13.5. The van der Waals surface area contributed by atoms with E-state index in [2.05, 4.69) is 30.7 Å². The predicted molar refractivity (Wildman–Crippen MR) is 134 cm³/mol. The van der Waals surface area contributed by atoms with Crippen LogP contribution in [0.2, 0.25) is 0 Å². The number of benzene rings is 1. The lowest BCUT2D eigenvalue weighted by Crippen LogP contribution is -2.44. The molecular formula is C24H28F2N6OS. The first kappa shape index (κ1) is 23.1. The second-order valence-corrected chi connectivity index (χ2v) is 9.35. The van der Waals surface area contributed by atoms with Crippen LogP contribution in [0, 0.1) is 18.6 Å². The van der Waals surface area contributed by atoms with Crippen molar-refractivity contribution in [3.05, 3.63) is 47.8 Å². The van der Waals surface area contributed by atoms with Gasteiger partial charge in [0, 0.05) is 57.0 Å². The number of pyridine rings is 2. The Balaban J connectivity index is 1.55. The average Bonchev–Trinajstić information content (AvgIpc) is 2.86. The quantitative estimate of drug-likeness (QED) is 0.539. The molecule has 0 atom stereocenters. The van der Waals surface area contributed by atoms with Crippen LogP contribution in [0.25, 0.3) is 10.9 Å². The molecule has 1 N–H and O–H groups in total. The Hall–Kier alpha value is -2.69. The van der Waals surface area contributed by atoms with E-state index in [0.29, 0.717) is 24.4 Å². The molecule has 2 aliphatic heterocycles. The Bertz CT molecular complexity index is 1180. The summed E-state index contributed by atoms with van der Waals surface area (Å²) >= 11 is 1.73. The first-order valence-electron chi connectivity index (χ1n) is 11.4. The van der Waals surface area contributed by atoms with Gasteiger partial charge in [0.05, 0.1) is 53.6 Å². The molecule has 0 amide bonds. The molecule has 0 bridgehead atoms. The van der Waals surface area contributed by atoms with E-state index in [1.54, 1.807) is 18.1 Å². The maximum atomic E-state index is 15.1. The van der Waals surface area contributed by atoms with Gasteiger partial charge in [0.15, 0.2) is 0 Å². The summed E-state index contributed by atoms with van der Waals surface area (Å²) < 4.78 is 36.9. The monoisotopic (exact) mass is 486 g/mol. The SMILES string of the molecule is CSN1CCN(c2nc3cc(F)cc(F)c3c(Nc3cncc(N4CCOCC4)c3)c2C)CC1. The highest BCUT2D eigenvalue weighted by atomic mass is 32.2. The standard InChI is InChI=1S/C24H28F2N6OS/c1-16-23(28-18-13-19(15-27-14-18)30-7-9-33-10-8-30)22-20(26)11-17(25)12-21(22)29-24(16)31-3-5-32(34-2)6-4-31/h11-15H,3-10H2,1-2H3,(H,28,29). The smallest absolute Gasteiger partial charge is 0.137 e. The third-order valence-electron chi connectivity index (χ3n) is 6.39. The molecule has 4 heterocycles. The topological polar surface area (TPSA) is 56.8 Å². The summed E-state index contributed by atoms with van der Waals surface area (Å²) in [5, 5.41) is 3.67. The van der Waals surface area contributed by atoms with E-state index < -0.39 is 11.6 Å². The highest BCUT2D eigenvalue weighted by Gasteiger charge is 2.24. The molecule has 10 heteroatoms. The number of nitrogens with one attached hydrogen (secondary N) is 1. The van der Waals surface area contributed by atoms with Crippen molar-refractivity contribution in [1.29, 1.82) is 0 Å². The van der Waals surface area contributed by atoms with Crippen LogP contribution < -0.4 is 15.1 Å². The Labute approximate surface area is 202 Å². The Kier molecular flexibility index (Phi) is 6.71. The lowest BCUT2D eigenvalue weighted by Gasteiger charge is -2.35. The van der Waals surface area contributed by atoms with Crippen LogP contribution in [0.3, 0.4) is 0 Å². The molecule has 2 fully saturated rings. The van der Waals surface area contributed by atoms with Gasteiger partial charge in [0.2, 0.25) is 0 Å². The van der Waals surface area contributed by atoms with Crippen molar-refractivity contribution in [1.82, 2.24) is 14.3 Å². The van der Waals surface area contributed by atoms with Crippen molar-refractivity contribution in [3.63, 3.8) is 0 Å². The number of aromatic nitrogens is 2. The molecule has 1 aromatic carbocycles. The van der Waals surface area contributed by atoms with Crippen LogP contribution in [0.1, 0.15) is 5.56 Å². The number of hydrogen-bond donors (Lipinski definition) is 1. The minimum Gasteiger partial charge on any atom is -0.378 e. The third kappa shape index (κ3) is 4.62. The number of rotatable bonds is 5. The van der Waals surface area contributed by atoms with Gasteiger partial charge in [-0.1, -0.05) is 11.9 Å². The summed E-state index contributed by atoms with van der Waals surface area (Å²) in [5.74, 6) is -0.524. The molecule has 3 aromatic rings. The van der Waals surface area contributed by atoms with Crippen molar-refractivity contribution < 1.29 is 13.5 Å². The number of halogens is 2. The molecule has 5 rings (SSSR count). The Morgan fingerprint density at radius 1 is 0.971 bits per heavy atom. The van der Waals surface area contributed by atoms with Gasteiger partial charge in [-0.2, -0.15) is 0 Å². The van der Waals surface area contributed by atoms with Gasteiger partial charge in [0.25, 0.3) is 0 Å². The molecule has 0 spiro atoms. The molecule has 0 aliphatic carbocycles. The van der Waals surface area contributed by atoms with Gasteiger partial charge in [-0.25, -0.2) is 18.1 Å². The van der Waals surface area contributed by atoms with E-state index in [1.807, 2.05) is 19.2 Å². The lowest BCUT2D eigenvalue weighted by atomic mass is 10.1. The molecule has 34 heavy (non-hydrogen) atoms. The number of piperazine rings is 1. The van der Waals surface area contributed by atoms with E-state index in [0.717, 1.165) is 68.1 Å². The zero-order chi connectivity index (χ0) is 23.7. The molecule has 2 saturated heterocycles. The maximum absolute atomic E-state index is 15.1. The van der Waals surface area contributed by atoms with Gasteiger partial charge in [-0.15, -0.1) is 0 Å². The van der Waals surface area contributed by atoms with Gasteiger partial charge in [-0.05, 0) is 19.2 Å². The first-order valence-corrected chi connectivity index (χ1v) is 12.6. The van der Waals surface area contributed by atoms with E-state index in [9.17, 15) is 4.39 Å². The normalized spacial score (nSPS) is 17.4.